The summed E-state index contributed by atoms with van der Waals surface area (Å²) in [6.45, 7) is 5.50. The van der Waals surface area contributed by atoms with Gasteiger partial charge >= 0.3 is 10.2 Å². The zero-order valence-electron chi connectivity index (χ0n) is 8.36. The van der Waals surface area contributed by atoms with Gasteiger partial charge in [-0.15, -0.1) is 3.89 Å². The third-order valence-electron chi connectivity index (χ3n) is 1.88. The van der Waals surface area contributed by atoms with Crippen LogP contribution in [0.3, 0.4) is 0 Å². The van der Waals surface area contributed by atoms with Crippen LogP contribution in [0.15, 0.2) is 6.20 Å². The van der Waals surface area contributed by atoms with Crippen LogP contribution >= 0.6 is 0 Å². The molecule has 1 aromatic rings. The molecule has 0 bridgehead atoms. The highest BCUT2D eigenvalue weighted by Crippen LogP contribution is 2.14. The van der Waals surface area contributed by atoms with Crippen LogP contribution in [0.2, 0.25) is 0 Å². The second-order valence-electron chi connectivity index (χ2n) is 3.50. The van der Waals surface area contributed by atoms with Crippen LogP contribution in [0.25, 0.3) is 0 Å². The summed E-state index contributed by atoms with van der Waals surface area (Å²) in [5, 5.41) is 4.08. The van der Waals surface area contributed by atoms with Gasteiger partial charge in [0.15, 0.2) is 0 Å². The number of halogens is 1. The average molecular weight is 220 g/mol. The molecule has 80 valence electrons. The van der Waals surface area contributed by atoms with Crippen LogP contribution in [0.1, 0.15) is 31.1 Å². The van der Waals surface area contributed by atoms with E-state index in [1.165, 1.54) is 0 Å². The van der Waals surface area contributed by atoms with E-state index in [1.54, 1.807) is 17.8 Å². The van der Waals surface area contributed by atoms with Gasteiger partial charge in [0.05, 0.1) is 5.69 Å². The molecular weight excluding hydrogens is 207 g/mol. The maximum Gasteiger partial charge on any atom is 0.306 e. The smallest absolute Gasteiger partial charge is 0.270 e. The first-order chi connectivity index (χ1) is 6.29. The van der Waals surface area contributed by atoms with Crippen molar-refractivity contribution in [1.29, 1.82) is 0 Å². The molecule has 0 N–H and O–H groups in total. The molecule has 0 unspecified atom stereocenters. The zero-order chi connectivity index (χ0) is 10.9. The minimum absolute atomic E-state index is 0.143. The standard InChI is InChI=1S/C8H13FN2O2S/c1-6(2)11-4-8(7(3)10-11)5-14(9,12)13/h4,6H,5H2,1-3H3. The number of hydrogen-bond donors (Lipinski definition) is 0. The van der Waals surface area contributed by atoms with Gasteiger partial charge < -0.3 is 0 Å². The number of aryl methyl sites for hydroxylation is 1. The van der Waals surface area contributed by atoms with Crippen LogP contribution in [0.5, 0.6) is 0 Å². The molecule has 0 fully saturated rings. The van der Waals surface area contributed by atoms with Crippen LogP contribution in [0.4, 0.5) is 3.89 Å². The molecule has 1 heterocycles. The van der Waals surface area contributed by atoms with E-state index >= 15 is 0 Å². The summed E-state index contributed by atoms with van der Waals surface area (Å²) in [7, 11) is -4.47. The fourth-order valence-electron chi connectivity index (χ4n) is 1.11. The Morgan fingerprint density at radius 3 is 2.50 bits per heavy atom. The molecular formula is C8H13FN2O2S. The first kappa shape index (κ1) is 11.2. The molecule has 1 aromatic heterocycles. The Balaban J connectivity index is 3.00. The molecule has 4 nitrogen and oxygen atoms in total. The van der Waals surface area contributed by atoms with Crippen LogP contribution < -0.4 is 0 Å². The summed E-state index contributed by atoms with van der Waals surface area (Å²) >= 11 is 0. The van der Waals surface area contributed by atoms with Crippen LogP contribution in [-0.2, 0) is 16.0 Å². The summed E-state index contributed by atoms with van der Waals surface area (Å²) in [6, 6.07) is 0.143. The van der Waals surface area contributed by atoms with Crippen molar-refractivity contribution in [2.45, 2.75) is 32.6 Å². The van der Waals surface area contributed by atoms with Gasteiger partial charge in [-0.25, -0.2) is 0 Å². The summed E-state index contributed by atoms with van der Waals surface area (Å²) < 4.78 is 34.9. The maximum atomic E-state index is 12.4. The lowest BCUT2D eigenvalue weighted by Crippen LogP contribution is -2.00. The Morgan fingerprint density at radius 2 is 2.14 bits per heavy atom. The van der Waals surface area contributed by atoms with Gasteiger partial charge in [0, 0.05) is 17.8 Å². The van der Waals surface area contributed by atoms with Gasteiger partial charge in [0.2, 0.25) is 0 Å². The second kappa shape index (κ2) is 3.68. The van der Waals surface area contributed by atoms with Gasteiger partial charge in [0.25, 0.3) is 0 Å². The van der Waals surface area contributed by atoms with Crippen molar-refractivity contribution in [2.75, 3.05) is 0 Å². The Kier molecular flexibility index (Phi) is 2.94. The molecule has 0 aliphatic heterocycles. The van der Waals surface area contributed by atoms with Crippen molar-refractivity contribution < 1.29 is 12.3 Å². The largest absolute Gasteiger partial charge is 0.306 e. The van der Waals surface area contributed by atoms with Crippen LogP contribution in [0, 0.1) is 6.92 Å². The van der Waals surface area contributed by atoms with Crippen molar-refractivity contribution in [1.82, 2.24) is 9.78 Å². The van der Waals surface area contributed by atoms with Crippen molar-refractivity contribution in [3.63, 3.8) is 0 Å². The third kappa shape index (κ3) is 2.80. The highest BCUT2D eigenvalue weighted by molar-refractivity contribution is 7.85. The van der Waals surface area contributed by atoms with E-state index in [9.17, 15) is 12.3 Å². The molecule has 0 aromatic carbocycles. The predicted molar refractivity (Wildman–Crippen MR) is 51.1 cm³/mol. The lowest BCUT2D eigenvalue weighted by atomic mass is 10.3. The molecule has 0 amide bonds. The lowest BCUT2D eigenvalue weighted by Gasteiger charge is -2.02. The summed E-state index contributed by atoms with van der Waals surface area (Å²) in [5.41, 5.74) is 0.973. The van der Waals surface area contributed by atoms with E-state index in [0.29, 0.717) is 11.3 Å². The summed E-state index contributed by atoms with van der Waals surface area (Å²) in [4.78, 5) is 0. The quantitative estimate of drug-likeness (QED) is 0.726. The van der Waals surface area contributed by atoms with Gasteiger partial charge in [-0.1, -0.05) is 0 Å². The molecule has 1 rings (SSSR count). The summed E-state index contributed by atoms with van der Waals surface area (Å²) in [5.74, 6) is -0.592. The van der Waals surface area contributed by atoms with Gasteiger partial charge in [-0.05, 0) is 20.8 Å². The summed E-state index contributed by atoms with van der Waals surface area (Å²) in [6.07, 6.45) is 1.57. The van der Waals surface area contributed by atoms with Crippen molar-refractivity contribution in [3.05, 3.63) is 17.5 Å². The number of rotatable bonds is 3. The monoisotopic (exact) mass is 220 g/mol. The topological polar surface area (TPSA) is 52.0 Å². The van der Waals surface area contributed by atoms with Crippen molar-refractivity contribution in [2.24, 2.45) is 0 Å². The SMILES string of the molecule is Cc1nn(C(C)C)cc1CS(=O)(=O)F. The predicted octanol–water partition coefficient (Wildman–Crippen LogP) is 1.57. The number of aromatic nitrogens is 2. The third-order valence-corrected chi connectivity index (χ3v) is 2.53. The Morgan fingerprint density at radius 1 is 1.57 bits per heavy atom. The van der Waals surface area contributed by atoms with Crippen LogP contribution in [-0.4, -0.2) is 18.2 Å². The van der Waals surface area contributed by atoms with Gasteiger partial charge in [0.1, 0.15) is 5.75 Å². The second-order valence-corrected chi connectivity index (χ2v) is 4.86. The van der Waals surface area contributed by atoms with E-state index < -0.39 is 16.0 Å². The molecule has 0 aliphatic rings. The number of nitrogens with zero attached hydrogens (tertiary/aromatic N) is 2. The minimum atomic E-state index is -4.47. The highest BCUT2D eigenvalue weighted by atomic mass is 32.3. The van der Waals surface area contributed by atoms with E-state index in [2.05, 4.69) is 5.10 Å². The number of hydrogen-bond acceptors (Lipinski definition) is 3. The molecule has 0 spiro atoms. The Bertz CT molecular complexity index is 423. The minimum Gasteiger partial charge on any atom is -0.270 e. The normalized spacial score (nSPS) is 12.4. The highest BCUT2D eigenvalue weighted by Gasteiger charge is 2.14. The Labute approximate surface area is 82.9 Å². The molecule has 0 atom stereocenters. The fourth-order valence-corrected chi connectivity index (χ4v) is 1.77. The van der Waals surface area contributed by atoms with E-state index in [4.69, 9.17) is 0 Å². The molecule has 0 radical (unpaired) electrons. The first-order valence-electron chi connectivity index (χ1n) is 4.26. The van der Waals surface area contributed by atoms with E-state index in [1.807, 2.05) is 13.8 Å². The van der Waals surface area contributed by atoms with Gasteiger partial charge in [-0.3, -0.25) is 4.68 Å². The zero-order valence-corrected chi connectivity index (χ0v) is 9.18. The average Bonchev–Trinajstić information content (AvgIpc) is 2.29. The Hall–Kier alpha value is -0.910. The van der Waals surface area contributed by atoms with Crippen molar-refractivity contribution in [3.8, 4) is 0 Å². The molecule has 0 saturated heterocycles. The first-order valence-corrected chi connectivity index (χ1v) is 5.82. The fraction of sp³-hybridized carbons (Fsp3) is 0.625. The molecule has 6 heteroatoms. The van der Waals surface area contributed by atoms with E-state index in [0.717, 1.165) is 0 Å². The van der Waals surface area contributed by atoms with E-state index in [-0.39, 0.29) is 6.04 Å². The molecule has 0 saturated carbocycles. The maximum absolute atomic E-state index is 12.4. The molecule has 0 aliphatic carbocycles. The van der Waals surface area contributed by atoms with Crippen molar-refractivity contribution >= 4 is 10.2 Å². The lowest BCUT2D eigenvalue weighted by molar-refractivity contribution is 0.528. The molecule has 14 heavy (non-hydrogen) atoms. The van der Waals surface area contributed by atoms with Gasteiger partial charge in [-0.2, -0.15) is 13.5 Å².